The Morgan fingerprint density at radius 3 is 2.79 bits per heavy atom. The molecule has 0 spiro atoms. The van der Waals surface area contributed by atoms with Crippen LogP contribution in [-0.2, 0) is 4.79 Å². The number of hydrogen-bond acceptors (Lipinski definition) is 4. The van der Waals surface area contributed by atoms with Gasteiger partial charge >= 0.3 is 0 Å². The van der Waals surface area contributed by atoms with Gasteiger partial charge in [-0.3, -0.25) is 9.69 Å². The van der Waals surface area contributed by atoms with Crippen molar-refractivity contribution in [2.45, 2.75) is 19.9 Å². The smallest absolute Gasteiger partial charge is 0.241 e. The summed E-state index contributed by atoms with van der Waals surface area (Å²) in [7, 11) is 0. The Morgan fingerprint density at radius 1 is 1.42 bits per heavy atom. The first-order valence-electron chi connectivity index (χ1n) is 6.57. The van der Waals surface area contributed by atoms with Crippen molar-refractivity contribution in [3.63, 3.8) is 0 Å². The van der Waals surface area contributed by atoms with Crippen molar-refractivity contribution in [1.82, 2.24) is 4.90 Å². The second kappa shape index (κ2) is 6.30. The number of nitrogens with zero attached hydrogens (tertiary/aromatic N) is 1. The van der Waals surface area contributed by atoms with Crippen LogP contribution in [0.3, 0.4) is 0 Å². The zero-order valence-corrected chi connectivity index (χ0v) is 12.3. The van der Waals surface area contributed by atoms with Crippen molar-refractivity contribution in [2.24, 2.45) is 0 Å². The summed E-state index contributed by atoms with van der Waals surface area (Å²) in [5, 5.41) is 2.98. The standard InChI is InChI=1S/C14H21N3OS/c1-10-12(15)4-3-5-13(10)16-14(18)11(2)17-6-8-19-9-7-17/h3-5,11H,6-9,15H2,1-2H3,(H,16,18). The molecule has 1 atom stereocenters. The maximum absolute atomic E-state index is 12.3. The van der Waals surface area contributed by atoms with Gasteiger partial charge in [-0.25, -0.2) is 0 Å². The van der Waals surface area contributed by atoms with E-state index in [1.807, 2.05) is 43.8 Å². The summed E-state index contributed by atoms with van der Waals surface area (Å²) in [5.74, 6) is 2.25. The number of benzene rings is 1. The van der Waals surface area contributed by atoms with Crippen LogP contribution in [0.1, 0.15) is 12.5 Å². The molecular weight excluding hydrogens is 258 g/mol. The van der Waals surface area contributed by atoms with Gasteiger partial charge in [0.1, 0.15) is 0 Å². The van der Waals surface area contributed by atoms with E-state index in [-0.39, 0.29) is 11.9 Å². The highest BCUT2D eigenvalue weighted by Gasteiger charge is 2.23. The van der Waals surface area contributed by atoms with Gasteiger partial charge in [0.25, 0.3) is 0 Å². The van der Waals surface area contributed by atoms with Crippen LogP contribution >= 0.6 is 11.8 Å². The van der Waals surface area contributed by atoms with E-state index in [0.717, 1.165) is 35.8 Å². The topological polar surface area (TPSA) is 58.4 Å². The van der Waals surface area contributed by atoms with Crippen molar-refractivity contribution < 1.29 is 4.79 Å². The normalized spacial score (nSPS) is 18.0. The summed E-state index contributed by atoms with van der Waals surface area (Å²) in [5.41, 5.74) is 8.30. The average Bonchev–Trinajstić information content (AvgIpc) is 2.44. The molecule has 1 aliphatic rings. The van der Waals surface area contributed by atoms with Crippen LogP contribution in [0.25, 0.3) is 0 Å². The number of nitrogens with two attached hydrogens (primary N) is 1. The van der Waals surface area contributed by atoms with Gasteiger partial charge < -0.3 is 11.1 Å². The lowest BCUT2D eigenvalue weighted by Crippen LogP contribution is -2.46. The SMILES string of the molecule is Cc1c(N)cccc1NC(=O)C(C)N1CCSCC1. The van der Waals surface area contributed by atoms with Crippen LogP contribution in [-0.4, -0.2) is 41.4 Å². The average molecular weight is 279 g/mol. The van der Waals surface area contributed by atoms with Gasteiger partial charge in [-0.05, 0) is 31.5 Å². The Balaban J connectivity index is 2.01. The van der Waals surface area contributed by atoms with Gasteiger partial charge in [-0.15, -0.1) is 0 Å². The molecule has 4 nitrogen and oxygen atoms in total. The fraction of sp³-hybridized carbons (Fsp3) is 0.500. The van der Waals surface area contributed by atoms with Crippen LogP contribution in [0.2, 0.25) is 0 Å². The van der Waals surface area contributed by atoms with Crippen molar-refractivity contribution in [3.05, 3.63) is 23.8 Å². The molecule has 5 heteroatoms. The number of carbonyl (C=O) groups excluding carboxylic acids is 1. The first-order valence-corrected chi connectivity index (χ1v) is 7.73. The van der Waals surface area contributed by atoms with E-state index in [0.29, 0.717) is 5.69 Å². The lowest BCUT2D eigenvalue weighted by Gasteiger charge is -2.31. The van der Waals surface area contributed by atoms with Crippen LogP contribution < -0.4 is 11.1 Å². The summed E-state index contributed by atoms with van der Waals surface area (Å²) in [6.07, 6.45) is 0. The van der Waals surface area contributed by atoms with E-state index < -0.39 is 0 Å². The number of hydrogen-bond donors (Lipinski definition) is 2. The minimum absolute atomic E-state index is 0.0422. The molecule has 3 N–H and O–H groups in total. The molecule has 1 amide bonds. The molecule has 0 radical (unpaired) electrons. The Kier molecular flexibility index (Phi) is 4.71. The summed E-state index contributed by atoms with van der Waals surface area (Å²) in [4.78, 5) is 14.5. The zero-order chi connectivity index (χ0) is 13.8. The minimum Gasteiger partial charge on any atom is -0.398 e. The summed E-state index contributed by atoms with van der Waals surface area (Å²) >= 11 is 1.95. The Bertz CT molecular complexity index is 458. The number of nitrogens with one attached hydrogen (secondary N) is 1. The molecule has 104 valence electrons. The van der Waals surface area contributed by atoms with E-state index in [1.54, 1.807) is 0 Å². The molecule has 2 rings (SSSR count). The van der Waals surface area contributed by atoms with Gasteiger partial charge in [0.15, 0.2) is 0 Å². The number of anilines is 2. The van der Waals surface area contributed by atoms with Gasteiger partial charge in [-0.1, -0.05) is 6.07 Å². The number of nitrogen functional groups attached to an aromatic ring is 1. The third kappa shape index (κ3) is 3.42. The molecule has 1 fully saturated rings. The predicted molar refractivity (Wildman–Crippen MR) is 82.6 cm³/mol. The summed E-state index contributed by atoms with van der Waals surface area (Å²) in [6, 6.07) is 5.50. The molecule has 0 aromatic heterocycles. The van der Waals surface area contributed by atoms with Crippen LogP contribution in [0.15, 0.2) is 18.2 Å². The molecule has 1 aromatic rings. The Labute approximate surface area is 118 Å². The Hall–Kier alpha value is -1.20. The molecule has 0 saturated carbocycles. The highest BCUT2D eigenvalue weighted by molar-refractivity contribution is 7.99. The monoisotopic (exact) mass is 279 g/mol. The van der Waals surface area contributed by atoms with Crippen LogP contribution in [0, 0.1) is 6.92 Å². The zero-order valence-electron chi connectivity index (χ0n) is 11.5. The van der Waals surface area contributed by atoms with E-state index in [9.17, 15) is 4.79 Å². The third-order valence-corrected chi connectivity index (χ3v) is 4.55. The first kappa shape index (κ1) is 14.2. The second-order valence-electron chi connectivity index (χ2n) is 4.83. The van der Waals surface area contributed by atoms with E-state index in [2.05, 4.69) is 10.2 Å². The largest absolute Gasteiger partial charge is 0.398 e. The van der Waals surface area contributed by atoms with Crippen molar-refractivity contribution in [2.75, 3.05) is 35.6 Å². The fourth-order valence-electron chi connectivity index (χ4n) is 2.16. The van der Waals surface area contributed by atoms with Gasteiger partial charge in [0, 0.05) is 36.0 Å². The van der Waals surface area contributed by atoms with Gasteiger partial charge in [-0.2, -0.15) is 11.8 Å². The maximum atomic E-state index is 12.3. The first-order chi connectivity index (χ1) is 9.09. The molecule has 1 aliphatic heterocycles. The highest BCUT2D eigenvalue weighted by atomic mass is 32.2. The van der Waals surface area contributed by atoms with Gasteiger partial charge in [0.2, 0.25) is 5.91 Å². The minimum atomic E-state index is -0.0956. The fourth-order valence-corrected chi connectivity index (χ4v) is 3.09. The highest BCUT2D eigenvalue weighted by Crippen LogP contribution is 2.21. The lowest BCUT2D eigenvalue weighted by atomic mass is 10.1. The number of thioether (sulfide) groups is 1. The Morgan fingerprint density at radius 2 is 2.11 bits per heavy atom. The quantitative estimate of drug-likeness (QED) is 0.830. The van der Waals surface area contributed by atoms with E-state index >= 15 is 0 Å². The molecule has 1 saturated heterocycles. The molecule has 1 aromatic carbocycles. The third-order valence-electron chi connectivity index (χ3n) is 3.61. The lowest BCUT2D eigenvalue weighted by molar-refractivity contribution is -0.120. The van der Waals surface area contributed by atoms with Crippen LogP contribution in [0.4, 0.5) is 11.4 Å². The van der Waals surface area contributed by atoms with E-state index in [4.69, 9.17) is 5.73 Å². The number of rotatable bonds is 3. The van der Waals surface area contributed by atoms with Crippen LogP contribution in [0.5, 0.6) is 0 Å². The molecular formula is C14H21N3OS. The molecule has 1 heterocycles. The van der Waals surface area contributed by atoms with Crippen molar-refractivity contribution >= 4 is 29.0 Å². The van der Waals surface area contributed by atoms with E-state index in [1.165, 1.54) is 0 Å². The number of carbonyl (C=O) groups is 1. The molecule has 19 heavy (non-hydrogen) atoms. The summed E-state index contributed by atoms with van der Waals surface area (Å²) < 4.78 is 0. The van der Waals surface area contributed by atoms with Crippen molar-refractivity contribution in [3.8, 4) is 0 Å². The maximum Gasteiger partial charge on any atom is 0.241 e. The van der Waals surface area contributed by atoms with Crippen molar-refractivity contribution in [1.29, 1.82) is 0 Å². The molecule has 0 aliphatic carbocycles. The number of amides is 1. The van der Waals surface area contributed by atoms with Gasteiger partial charge in [0.05, 0.1) is 6.04 Å². The second-order valence-corrected chi connectivity index (χ2v) is 6.06. The predicted octanol–water partition coefficient (Wildman–Crippen LogP) is 1.95. The summed E-state index contributed by atoms with van der Waals surface area (Å²) in [6.45, 7) is 5.85. The molecule has 1 unspecified atom stereocenters. The molecule has 0 bridgehead atoms.